The van der Waals surface area contributed by atoms with E-state index >= 15 is 0 Å². The number of benzene rings is 1. The van der Waals surface area contributed by atoms with Crippen molar-refractivity contribution in [2.24, 2.45) is 13.0 Å². The molecule has 1 aromatic carbocycles. The van der Waals surface area contributed by atoms with Crippen LogP contribution in [0, 0.1) is 5.92 Å². The van der Waals surface area contributed by atoms with Gasteiger partial charge in [-0.1, -0.05) is 12.1 Å². The first kappa shape index (κ1) is 17.6. The Balaban J connectivity index is 1.31. The van der Waals surface area contributed by atoms with Crippen molar-refractivity contribution in [2.45, 2.75) is 25.4 Å². The van der Waals surface area contributed by atoms with Gasteiger partial charge in [-0.25, -0.2) is 9.61 Å². The Morgan fingerprint density at radius 1 is 1.13 bits per heavy atom. The van der Waals surface area contributed by atoms with E-state index in [-0.39, 0.29) is 5.56 Å². The fourth-order valence-electron chi connectivity index (χ4n) is 5.20. The summed E-state index contributed by atoms with van der Waals surface area (Å²) in [4.78, 5) is 20.1. The number of pyridine rings is 1. The van der Waals surface area contributed by atoms with Gasteiger partial charge in [0.2, 0.25) is 0 Å². The van der Waals surface area contributed by atoms with Crippen molar-refractivity contribution in [3.05, 3.63) is 64.3 Å². The Labute approximate surface area is 172 Å². The summed E-state index contributed by atoms with van der Waals surface area (Å²) in [6.07, 6.45) is 4.74. The number of hydrogen-bond donors (Lipinski definition) is 0. The molecule has 0 unspecified atom stereocenters. The fraction of sp³-hybridized carbons (Fsp3) is 0.364. The molecule has 3 aromatic heterocycles. The zero-order valence-electron chi connectivity index (χ0n) is 16.7. The van der Waals surface area contributed by atoms with Crippen molar-refractivity contribution in [1.29, 1.82) is 0 Å². The van der Waals surface area contributed by atoms with Crippen molar-refractivity contribution in [3.63, 3.8) is 0 Å². The van der Waals surface area contributed by atoms with Crippen LogP contribution in [0.25, 0.3) is 22.4 Å². The molecule has 0 amide bonds. The average molecular weight is 402 g/mol. The van der Waals surface area contributed by atoms with E-state index in [0.717, 1.165) is 60.7 Å². The lowest BCUT2D eigenvalue weighted by molar-refractivity contribution is 0.114. The predicted molar refractivity (Wildman–Crippen MR) is 111 cm³/mol. The van der Waals surface area contributed by atoms with Gasteiger partial charge in [0, 0.05) is 57.2 Å². The number of piperidine rings is 1. The van der Waals surface area contributed by atoms with Gasteiger partial charge < -0.3 is 9.13 Å². The molecule has 6 rings (SSSR count). The second-order valence-corrected chi connectivity index (χ2v) is 8.49. The molecule has 1 fully saturated rings. The molecule has 8 nitrogen and oxygen atoms in total. The maximum atomic E-state index is 13.3. The van der Waals surface area contributed by atoms with Gasteiger partial charge in [-0.3, -0.25) is 9.69 Å². The van der Waals surface area contributed by atoms with Crippen LogP contribution in [0.1, 0.15) is 23.6 Å². The van der Waals surface area contributed by atoms with Crippen molar-refractivity contribution in [2.75, 3.05) is 13.1 Å². The van der Waals surface area contributed by atoms with Crippen LogP contribution in [0.15, 0.2) is 52.1 Å². The fourth-order valence-corrected chi connectivity index (χ4v) is 5.20. The Bertz CT molecular complexity index is 1300. The van der Waals surface area contributed by atoms with Gasteiger partial charge in [0.25, 0.3) is 5.56 Å². The van der Waals surface area contributed by atoms with Crippen LogP contribution >= 0.6 is 0 Å². The Morgan fingerprint density at radius 2 is 2.07 bits per heavy atom. The summed E-state index contributed by atoms with van der Waals surface area (Å²) in [7, 11) is 1.92. The lowest BCUT2D eigenvalue weighted by Gasteiger charge is -2.43. The molecular weight excluding hydrogens is 380 g/mol. The first-order valence-corrected chi connectivity index (χ1v) is 10.3. The predicted octanol–water partition coefficient (Wildman–Crippen LogP) is 2.40. The highest BCUT2D eigenvalue weighted by Crippen LogP contribution is 2.36. The summed E-state index contributed by atoms with van der Waals surface area (Å²) in [6, 6.07) is 10.1. The first-order valence-electron chi connectivity index (χ1n) is 10.3. The average Bonchev–Trinajstić information content (AvgIpc) is 3.38. The minimum atomic E-state index is 0.0726. The van der Waals surface area contributed by atoms with Crippen LogP contribution < -0.4 is 5.56 Å². The maximum absolute atomic E-state index is 13.3. The third-order valence-electron chi connectivity index (χ3n) is 6.51. The van der Waals surface area contributed by atoms with E-state index in [0.29, 0.717) is 17.4 Å². The molecule has 2 bridgehead atoms. The molecular formula is C22H22N6O2. The lowest BCUT2D eigenvalue weighted by Crippen LogP contribution is -2.47. The normalized spacial score (nSPS) is 21.1. The zero-order valence-corrected chi connectivity index (χ0v) is 16.7. The number of imidazole rings is 1. The Hall–Kier alpha value is -3.26. The SMILES string of the molecule is Cn1ccnc1-c1ccc2n(c1=O)C[C@H]1C[C@@H]2CN(Cc2cccc3nonc23)C1. The van der Waals surface area contributed by atoms with Crippen molar-refractivity contribution < 1.29 is 4.63 Å². The molecule has 0 N–H and O–H groups in total. The van der Waals surface area contributed by atoms with Crippen LogP contribution in [0.4, 0.5) is 0 Å². The number of hydrogen-bond acceptors (Lipinski definition) is 6. The molecule has 152 valence electrons. The van der Waals surface area contributed by atoms with Gasteiger partial charge in [0.05, 0.1) is 5.56 Å². The van der Waals surface area contributed by atoms with Gasteiger partial charge in [-0.15, -0.1) is 0 Å². The summed E-state index contributed by atoms with van der Waals surface area (Å²) < 4.78 is 8.80. The molecule has 4 aromatic rings. The molecule has 1 saturated heterocycles. The second kappa shape index (κ2) is 6.63. The van der Waals surface area contributed by atoms with E-state index in [4.69, 9.17) is 4.63 Å². The van der Waals surface area contributed by atoms with Gasteiger partial charge in [0.1, 0.15) is 16.9 Å². The minimum Gasteiger partial charge on any atom is -0.334 e. The van der Waals surface area contributed by atoms with E-state index < -0.39 is 0 Å². The molecule has 5 heterocycles. The number of aryl methyl sites for hydroxylation is 1. The zero-order chi connectivity index (χ0) is 20.2. The molecule has 8 heteroatoms. The molecule has 2 atom stereocenters. The van der Waals surface area contributed by atoms with E-state index in [2.05, 4.69) is 32.3 Å². The topological polar surface area (TPSA) is 82.0 Å². The van der Waals surface area contributed by atoms with Crippen molar-refractivity contribution in [1.82, 2.24) is 29.3 Å². The summed E-state index contributed by atoms with van der Waals surface area (Å²) in [5.41, 5.74) is 4.65. The largest absolute Gasteiger partial charge is 0.334 e. The highest BCUT2D eigenvalue weighted by molar-refractivity contribution is 5.76. The molecule has 0 aliphatic carbocycles. The number of likely N-dealkylation sites (tertiary alicyclic amines) is 1. The molecule has 0 radical (unpaired) electrons. The van der Waals surface area contributed by atoms with Crippen LogP contribution in [0.3, 0.4) is 0 Å². The maximum Gasteiger partial charge on any atom is 0.261 e. The number of aromatic nitrogens is 5. The van der Waals surface area contributed by atoms with E-state index in [1.807, 2.05) is 40.6 Å². The molecule has 30 heavy (non-hydrogen) atoms. The van der Waals surface area contributed by atoms with Gasteiger partial charge in [-0.05, 0) is 46.4 Å². The number of nitrogens with zero attached hydrogens (tertiary/aromatic N) is 6. The Kier molecular flexibility index (Phi) is 3.89. The third-order valence-corrected chi connectivity index (χ3v) is 6.51. The molecule has 0 spiro atoms. The van der Waals surface area contributed by atoms with Crippen molar-refractivity contribution in [3.8, 4) is 11.4 Å². The number of fused-ring (bicyclic) bond motifs is 5. The quantitative estimate of drug-likeness (QED) is 0.523. The van der Waals surface area contributed by atoms with Crippen LogP contribution in [0.5, 0.6) is 0 Å². The molecule has 2 aliphatic rings. The highest BCUT2D eigenvalue weighted by Gasteiger charge is 2.35. The van der Waals surface area contributed by atoms with Gasteiger partial charge >= 0.3 is 0 Å². The minimum absolute atomic E-state index is 0.0726. The Morgan fingerprint density at radius 3 is 2.93 bits per heavy atom. The van der Waals surface area contributed by atoms with E-state index in [1.165, 1.54) is 0 Å². The standard InChI is InChI=1S/C22H22N6O2/c1-26-8-7-23-21(26)17-5-6-19-16-9-14(11-28(19)22(17)29)10-27(13-16)12-15-3-2-4-18-20(15)25-30-24-18/h2-8,14,16H,9-13H2,1H3/t14-,16+/m0/s1. The second-order valence-electron chi connectivity index (χ2n) is 8.49. The van der Waals surface area contributed by atoms with Crippen LogP contribution in [-0.2, 0) is 20.1 Å². The van der Waals surface area contributed by atoms with Crippen LogP contribution in [-0.4, -0.2) is 42.4 Å². The van der Waals surface area contributed by atoms with E-state index in [1.54, 1.807) is 6.20 Å². The monoisotopic (exact) mass is 402 g/mol. The number of rotatable bonds is 3. The summed E-state index contributed by atoms with van der Waals surface area (Å²) >= 11 is 0. The third kappa shape index (κ3) is 2.71. The first-order chi connectivity index (χ1) is 14.7. The van der Waals surface area contributed by atoms with Crippen LogP contribution in [0.2, 0.25) is 0 Å². The van der Waals surface area contributed by atoms with Gasteiger partial charge in [0.15, 0.2) is 0 Å². The molecule has 2 aliphatic heterocycles. The van der Waals surface area contributed by atoms with Crippen molar-refractivity contribution >= 4 is 11.0 Å². The smallest absolute Gasteiger partial charge is 0.261 e. The van der Waals surface area contributed by atoms with E-state index in [9.17, 15) is 4.79 Å². The highest BCUT2D eigenvalue weighted by atomic mass is 16.6. The lowest BCUT2D eigenvalue weighted by atomic mass is 9.82. The summed E-state index contributed by atoms with van der Waals surface area (Å²) in [5, 5.41) is 8.03. The summed E-state index contributed by atoms with van der Waals surface area (Å²) in [6.45, 7) is 3.47. The summed E-state index contributed by atoms with van der Waals surface area (Å²) in [5.74, 6) is 1.54. The molecule has 0 saturated carbocycles. The van der Waals surface area contributed by atoms with Gasteiger partial charge in [-0.2, -0.15) is 0 Å².